The third kappa shape index (κ3) is 2.12. The molecule has 1 amide bonds. The Hall–Kier alpha value is -2.15. The SMILES string of the molecule is O=C(Cn1ncn2c(cc3ccsc32)c1=O)N1CCCCC1. The molecule has 4 heterocycles. The largest absolute Gasteiger partial charge is 0.341 e. The lowest BCUT2D eigenvalue weighted by molar-refractivity contribution is -0.133. The number of hydrogen-bond acceptors (Lipinski definition) is 4. The van der Waals surface area contributed by atoms with Gasteiger partial charge in [-0.25, -0.2) is 4.68 Å². The van der Waals surface area contributed by atoms with E-state index in [9.17, 15) is 9.59 Å². The zero-order chi connectivity index (χ0) is 15.1. The highest BCUT2D eigenvalue weighted by atomic mass is 32.1. The summed E-state index contributed by atoms with van der Waals surface area (Å²) in [7, 11) is 0. The topological polar surface area (TPSA) is 59.6 Å². The predicted octanol–water partition coefficient (Wildman–Crippen LogP) is 1.72. The fraction of sp³-hybridized carbons (Fsp3) is 0.400. The number of hydrogen-bond donors (Lipinski definition) is 0. The van der Waals surface area contributed by atoms with Crippen molar-refractivity contribution in [2.75, 3.05) is 13.1 Å². The van der Waals surface area contributed by atoms with Gasteiger partial charge in [0.1, 0.15) is 23.2 Å². The summed E-state index contributed by atoms with van der Waals surface area (Å²) in [6.07, 6.45) is 4.89. The van der Waals surface area contributed by atoms with Crippen molar-refractivity contribution < 1.29 is 4.79 Å². The monoisotopic (exact) mass is 316 g/mol. The number of carbonyl (C=O) groups excluding carboxylic acids is 1. The number of likely N-dealkylation sites (tertiary alicyclic amines) is 1. The second-order valence-electron chi connectivity index (χ2n) is 5.62. The van der Waals surface area contributed by atoms with Crippen LogP contribution in [-0.4, -0.2) is 38.1 Å². The molecule has 6 nitrogen and oxygen atoms in total. The van der Waals surface area contributed by atoms with Gasteiger partial charge in [-0.1, -0.05) is 0 Å². The van der Waals surface area contributed by atoms with Gasteiger partial charge in [0.05, 0.1) is 0 Å². The van der Waals surface area contributed by atoms with Gasteiger partial charge < -0.3 is 4.90 Å². The van der Waals surface area contributed by atoms with Gasteiger partial charge in [-0.15, -0.1) is 11.3 Å². The van der Waals surface area contributed by atoms with E-state index in [-0.39, 0.29) is 18.0 Å². The quantitative estimate of drug-likeness (QED) is 0.723. The number of nitrogens with zero attached hydrogens (tertiary/aromatic N) is 4. The van der Waals surface area contributed by atoms with E-state index in [1.807, 2.05) is 22.4 Å². The van der Waals surface area contributed by atoms with Crippen LogP contribution in [0.15, 0.2) is 28.6 Å². The van der Waals surface area contributed by atoms with Gasteiger partial charge in [-0.05, 0) is 36.8 Å². The molecule has 22 heavy (non-hydrogen) atoms. The van der Waals surface area contributed by atoms with E-state index in [1.54, 1.807) is 22.1 Å². The third-order valence-corrected chi connectivity index (χ3v) is 5.13. The maximum Gasteiger partial charge on any atom is 0.291 e. The lowest BCUT2D eigenvalue weighted by Crippen LogP contribution is -2.40. The molecule has 1 saturated heterocycles. The van der Waals surface area contributed by atoms with Gasteiger partial charge in [0, 0.05) is 18.5 Å². The van der Waals surface area contributed by atoms with Crippen molar-refractivity contribution in [3.05, 3.63) is 34.2 Å². The van der Waals surface area contributed by atoms with Crippen LogP contribution in [0.25, 0.3) is 15.7 Å². The van der Waals surface area contributed by atoms with E-state index in [1.165, 1.54) is 11.1 Å². The molecule has 0 unspecified atom stereocenters. The highest BCUT2D eigenvalue weighted by Crippen LogP contribution is 2.23. The van der Waals surface area contributed by atoms with Crippen molar-refractivity contribution in [1.29, 1.82) is 0 Å². The van der Waals surface area contributed by atoms with Gasteiger partial charge in [-0.3, -0.25) is 14.0 Å². The molecule has 0 atom stereocenters. The zero-order valence-electron chi connectivity index (χ0n) is 12.1. The number of rotatable bonds is 2. The number of fused-ring (bicyclic) bond motifs is 3. The van der Waals surface area contributed by atoms with E-state index in [0.717, 1.165) is 36.1 Å². The summed E-state index contributed by atoms with van der Waals surface area (Å²) in [5.74, 6) is -0.0213. The van der Waals surface area contributed by atoms with Gasteiger partial charge in [0.25, 0.3) is 5.56 Å². The average molecular weight is 316 g/mol. The Balaban J connectivity index is 1.68. The average Bonchev–Trinajstić information content (AvgIpc) is 3.12. The first kappa shape index (κ1) is 13.5. The molecule has 0 N–H and O–H groups in total. The summed E-state index contributed by atoms with van der Waals surface area (Å²) in [4.78, 5) is 27.7. The zero-order valence-corrected chi connectivity index (χ0v) is 12.9. The maximum atomic E-state index is 12.5. The number of piperidine rings is 1. The predicted molar refractivity (Wildman–Crippen MR) is 85.3 cm³/mol. The van der Waals surface area contributed by atoms with Crippen LogP contribution in [0.2, 0.25) is 0 Å². The van der Waals surface area contributed by atoms with Gasteiger partial charge in [0.15, 0.2) is 0 Å². The first-order chi connectivity index (χ1) is 10.7. The van der Waals surface area contributed by atoms with E-state index in [2.05, 4.69) is 5.10 Å². The Morgan fingerprint density at radius 3 is 2.91 bits per heavy atom. The molecule has 1 fully saturated rings. The third-order valence-electron chi connectivity index (χ3n) is 4.20. The van der Waals surface area contributed by atoms with E-state index in [0.29, 0.717) is 5.52 Å². The molecule has 1 aliphatic rings. The van der Waals surface area contributed by atoms with Crippen LogP contribution < -0.4 is 5.56 Å². The van der Waals surface area contributed by atoms with Crippen LogP contribution in [0.4, 0.5) is 0 Å². The standard InChI is InChI=1S/C15H16N4O2S/c20-13(17-5-2-1-3-6-17)9-19-14(21)12-8-11-4-7-22-15(11)18(12)10-16-19/h4,7-8,10H,1-3,5-6,9H2. The molecule has 0 saturated carbocycles. The molecule has 0 radical (unpaired) electrons. The minimum absolute atomic E-state index is 0.0213. The molecule has 0 spiro atoms. The lowest BCUT2D eigenvalue weighted by atomic mass is 10.1. The summed E-state index contributed by atoms with van der Waals surface area (Å²) in [5.41, 5.74) is 0.361. The normalized spacial score (nSPS) is 15.7. The Bertz CT molecular complexity index is 901. The lowest BCUT2D eigenvalue weighted by Gasteiger charge is -2.26. The van der Waals surface area contributed by atoms with Crippen molar-refractivity contribution >= 4 is 33.0 Å². The van der Waals surface area contributed by atoms with Crippen molar-refractivity contribution in [3.63, 3.8) is 0 Å². The van der Waals surface area contributed by atoms with Crippen molar-refractivity contribution in [2.24, 2.45) is 0 Å². The van der Waals surface area contributed by atoms with Crippen molar-refractivity contribution in [2.45, 2.75) is 25.8 Å². The molecule has 0 bridgehead atoms. The minimum atomic E-state index is -0.212. The van der Waals surface area contributed by atoms with Gasteiger partial charge >= 0.3 is 0 Å². The van der Waals surface area contributed by atoms with E-state index in [4.69, 9.17) is 0 Å². The number of aromatic nitrogens is 3. The molecule has 0 aliphatic carbocycles. The molecule has 1 aliphatic heterocycles. The smallest absolute Gasteiger partial charge is 0.291 e. The van der Waals surface area contributed by atoms with Crippen LogP contribution in [0, 0.1) is 0 Å². The Labute approximate surface area is 130 Å². The molecule has 3 aromatic rings. The highest BCUT2D eigenvalue weighted by molar-refractivity contribution is 7.16. The highest BCUT2D eigenvalue weighted by Gasteiger charge is 2.18. The summed E-state index contributed by atoms with van der Waals surface area (Å²) in [5, 5.41) is 7.19. The Morgan fingerprint density at radius 2 is 2.09 bits per heavy atom. The van der Waals surface area contributed by atoms with Gasteiger partial charge in [-0.2, -0.15) is 5.10 Å². The second kappa shape index (κ2) is 5.24. The number of amides is 1. The molecule has 3 aromatic heterocycles. The number of carbonyl (C=O) groups is 1. The summed E-state index contributed by atoms with van der Waals surface area (Å²) in [6.45, 7) is 1.60. The van der Waals surface area contributed by atoms with Crippen LogP contribution in [0.3, 0.4) is 0 Å². The Kier molecular flexibility index (Phi) is 3.22. The fourth-order valence-corrected chi connectivity index (χ4v) is 3.87. The molecule has 4 rings (SSSR count). The first-order valence-electron chi connectivity index (χ1n) is 7.46. The summed E-state index contributed by atoms with van der Waals surface area (Å²) < 4.78 is 3.07. The van der Waals surface area contributed by atoms with E-state index >= 15 is 0 Å². The van der Waals surface area contributed by atoms with Crippen molar-refractivity contribution in [1.82, 2.24) is 19.1 Å². The summed E-state index contributed by atoms with van der Waals surface area (Å²) >= 11 is 1.57. The fourth-order valence-electron chi connectivity index (χ4n) is 3.01. The molecule has 114 valence electrons. The molecule has 7 heteroatoms. The van der Waals surface area contributed by atoms with Crippen LogP contribution in [-0.2, 0) is 11.3 Å². The minimum Gasteiger partial charge on any atom is -0.341 e. The van der Waals surface area contributed by atoms with Crippen LogP contribution in [0.1, 0.15) is 19.3 Å². The number of thiophene rings is 1. The first-order valence-corrected chi connectivity index (χ1v) is 8.34. The molecular weight excluding hydrogens is 300 g/mol. The second-order valence-corrected chi connectivity index (χ2v) is 6.51. The van der Waals surface area contributed by atoms with Crippen LogP contribution >= 0.6 is 11.3 Å². The Morgan fingerprint density at radius 1 is 1.27 bits per heavy atom. The van der Waals surface area contributed by atoms with E-state index < -0.39 is 0 Å². The molecule has 0 aromatic carbocycles. The maximum absolute atomic E-state index is 12.5. The summed E-state index contributed by atoms with van der Waals surface area (Å²) in [6, 6.07) is 3.84. The molecular formula is C15H16N4O2S. The van der Waals surface area contributed by atoms with Crippen molar-refractivity contribution in [3.8, 4) is 0 Å². The van der Waals surface area contributed by atoms with Crippen LogP contribution in [0.5, 0.6) is 0 Å². The van der Waals surface area contributed by atoms with Gasteiger partial charge in [0.2, 0.25) is 5.91 Å².